The summed E-state index contributed by atoms with van der Waals surface area (Å²) >= 11 is 0. The molecule has 1 saturated heterocycles. The molecule has 1 fully saturated rings. The Morgan fingerprint density at radius 1 is 1.48 bits per heavy atom. The van der Waals surface area contributed by atoms with Crippen molar-refractivity contribution in [3.8, 4) is 0 Å². The van der Waals surface area contributed by atoms with E-state index in [1.807, 2.05) is 0 Å². The van der Waals surface area contributed by atoms with E-state index >= 15 is 0 Å². The van der Waals surface area contributed by atoms with Gasteiger partial charge < -0.3 is 19.9 Å². The van der Waals surface area contributed by atoms with Gasteiger partial charge in [0.1, 0.15) is 18.5 Å². The van der Waals surface area contributed by atoms with Crippen molar-refractivity contribution in [2.75, 3.05) is 12.3 Å². The number of hydrogen-bond donors (Lipinski definition) is 1. The highest BCUT2D eigenvalue weighted by Crippen LogP contribution is 2.31. The molecule has 3 atom stereocenters. The lowest BCUT2D eigenvalue weighted by atomic mass is 10.2. The molecule has 1 aromatic rings. The molecule has 0 bridgehead atoms. The summed E-state index contributed by atoms with van der Waals surface area (Å²) in [6.07, 6.45) is 1.75. The maximum atomic E-state index is 12.2. The van der Waals surface area contributed by atoms with Crippen molar-refractivity contribution in [1.29, 1.82) is 0 Å². The van der Waals surface area contributed by atoms with Crippen LogP contribution in [-0.4, -0.2) is 40.3 Å². The summed E-state index contributed by atoms with van der Waals surface area (Å²) in [6, 6.07) is 0. The van der Waals surface area contributed by atoms with Gasteiger partial charge in [-0.25, -0.2) is 4.79 Å². The van der Waals surface area contributed by atoms with Crippen LogP contribution in [0.25, 0.3) is 0 Å². The Hall–Kier alpha value is -2.68. The third-order valence-corrected chi connectivity index (χ3v) is 3.63. The summed E-state index contributed by atoms with van der Waals surface area (Å²) in [5.41, 5.74) is 5.72. The molecule has 1 aromatic heterocycles. The van der Waals surface area contributed by atoms with Gasteiger partial charge in [0.25, 0.3) is 0 Å². The Morgan fingerprint density at radius 2 is 2.20 bits per heavy atom. The van der Waals surface area contributed by atoms with E-state index in [0.29, 0.717) is 12.0 Å². The molecule has 2 rings (SSSR count). The topological polar surface area (TPSA) is 123 Å². The summed E-state index contributed by atoms with van der Waals surface area (Å²) in [7, 11) is 0. The van der Waals surface area contributed by atoms with Gasteiger partial charge in [0.05, 0.1) is 6.10 Å². The van der Waals surface area contributed by atoms with E-state index in [1.54, 1.807) is 6.08 Å². The average molecular weight is 351 g/mol. The third-order valence-electron chi connectivity index (χ3n) is 3.63. The summed E-state index contributed by atoms with van der Waals surface area (Å²) in [5, 5.41) is 0. The number of aromatic nitrogens is 2. The lowest BCUT2D eigenvalue weighted by Crippen LogP contribution is -2.34. The molecule has 25 heavy (non-hydrogen) atoms. The largest absolute Gasteiger partial charge is 0.463 e. The van der Waals surface area contributed by atoms with Crippen LogP contribution in [0.15, 0.2) is 23.6 Å². The number of rotatable bonds is 6. The molecule has 0 saturated carbocycles. The number of hydrogen-bond acceptors (Lipinski definition) is 8. The van der Waals surface area contributed by atoms with Gasteiger partial charge in [-0.15, -0.1) is 6.58 Å². The normalized spacial score (nSPS) is 22.4. The van der Waals surface area contributed by atoms with Crippen molar-refractivity contribution in [3.63, 3.8) is 0 Å². The predicted molar refractivity (Wildman–Crippen MR) is 87.5 cm³/mol. The van der Waals surface area contributed by atoms with Crippen LogP contribution in [-0.2, 0) is 30.2 Å². The molecule has 1 aliphatic rings. The summed E-state index contributed by atoms with van der Waals surface area (Å²) in [5.74, 6) is -0.843. The number of nitrogens with zero attached hydrogens (tertiary/aromatic N) is 2. The molecule has 9 heteroatoms. The zero-order valence-corrected chi connectivity index (χ0v) is 14.1. The minimum atomic E-state index is -0.881. The van der Waals surface area contributed by atoms with Crippen LogP contribution in [0.1, 0.15) is 32.1 Å². The highest BCUT2D eigenvalue weighted by Gasteiger charge is 2.40. The Balaban J connectivity index is 2.31. The molecular weight excluding hydrogens is 330 g/mol. The van der Waals surface area contributed by atoms with Crippen LogP contribution < -0.4 is 11.4 Å². The van der Waals surface area contributed by atoms with Crippen molar-refractivity contribution >= 4 is 17.8 Å². The van der Waals surface area contributed by atoms with Gasteiger partial charge in [0.2, 0.25) is 0 Å². The van der Waals surface area contributed by atoms with Crippen molar-refractivity contribution in [2.45, 2.75) is 45.1 Å². The highest BCUT2D eigenvalue weighted by atomic mass is 16.6. The fraction of sp³-hybridized carbons (Fsp3) is 0.500. The lowest BCUT2D eigenvalue weighted by Gasteiger charge is -2.21. The predicted octanol–water partition coefficient (Wildman–Crippen LogP) is 0.336. The van der Waals surface area contributed by atoms with E-state index in [-0.39, 0.29) is 18.8 Å². The molecule has 0 spiro atoms. The fourth-order valence-electron chi connectivity index (χ4n) is 2.61. The molecule has 0 unspecified atom stereocenters. The first kappa shape index (κ1) is 18.7. The highest BCUT2D eigenvalue weighted by molar-refractivity contribution is 5.66. The van der Waals surface area contributed by atoms with Crippen LogP contribution in [0.5, 0.6) is 0 Å². The molecule has 0 aromatic carbocycles. The standard InChI is InChI=1S/C16H21N3O6/c1-4-5-11-7-19(16(22)18-14(11)17)15-13(24-10(3)21)6-12(25-15)8-23-9(2)20/h4,7,12-13,15H,1,5-6,8H2,2-3H3,(H2,17,18,22)/t12-,13+,15+/m0/s1. The minimum absolute atomic E-state index is 0.000262. The number of carbonyl (C=O) groups is 2. The number of esters is 2. The van der Waals surface area contributed by atoms with Crippen molar-refractivity contribution < 1.29 is 23.8 Å². The van der Waals surface area contributed by atoms with Gasteiger partial charge in [-0.1, -0.05) is 6.08 Å². The van der Waals surface area contributed by atoms with E-state index in [9.17, 15) is 14.4 Å². The second-order valence-corrected chi connectivity index (χ2v) is 5.67. The zero-order chi connectivity index (χ0) is 18.6. The van der Waals surface area contributed by atoms with Crippen LogP contribution in [0, 0.1) is 0 Å². The van der Waals surface area contributed by atoms with E-state index in [4.69, 9.17) is 19.9 Å². The van der Waals surface area contributed by atoms with Crippen molar-refractivity contribution in [1.82, 2.24) is 9.55 Å². The van der Waals surface area contributed by atoms with Gasteiger partial charge in [-0.2, -0.15) is 4.98 Å². The lowest BCUT2D eigenvalue weighted by molar-refractivity contribution is -0.153. The first-order chi connectivity index (χ1) is 11.8. The molecule has 0 radical (unpaired) electrons. The molecule has 9 nitrogen and oxygen atoms in total. The van der Waals surface area contributed by atoms with Crippen LogP contribution in [0.4, 0.5) is 5.82 Å². The second-order valence-electron chi connectivity index (χ2n) is 5.67. The van der Waals surface area contributed by atoms with Gasteiger partial charge in [0, 0.05) is 32.0 Å². The SMILES string of the molecule is C=CCc1cn([C@@H]2O[C@H](COC(C)=O)C[C@H]2OC(C)=O)c(=O)nc1N. The smallest absolute Gasteiger partial charge is 0.351 e. The number of nitrogens with two attached hydrogens (primary N) is 1. The molecule has 0 amide bonds. The van der Waals surface area contributed by atoms with E-state index < -0.39 is 36.1 Å². The average Bonchev–Trinajstić information content (AvgIpc) is 2.90. The van der Waals surface area contributed by atoms with Crippen LogP contribution in [0.3, 0.4) is 0 Å². The summed E-state index contributed by atoms with van der Waals surface area (Å²) < 4.78 is 17.2. The molecular formula is C16H21N3O6. The minimum Gasteiger partial charge on any atom is -0.463 e. The first-order valence-corrected chi connectivity index (χ1v) is 7.76. The Bertz CT molecular complexity index is 729. The maximum Gasteiger partial charge on any atom is 0.351 e. The number of anilines is 1. The van der Waals surface area contributed by atoms with Crippen molar-refractivity contribution in [3.05, 3.63) is 34.9 Å². The van der Waals surface area contributed by atoms with E-state index in [2.05, 4.69) is 11.6 Å². The molecule has 2 N–H and O–H groups in total. The second kappa shape index (κ2) is 7.93. The maximum absolute atomic E-state index is 12.2. The van der Waals surface area contributed by atoms with Gasteiger partial charge in [0.15, 0.2) is 6.23 Å². The molecule has 1 aliphatic heterocycles. The number of nitrogen functional groups attached to an aromatic ring is 1. The van der Waals surface area contributed by atoms with Gasteiger partial charge in [-0.05, 0) is 6.42 Å². The number of carbonyl (C=O) groups excluding carboxylic acids is 2. The zero-order valence-electron chi connectivity index (χ0n) is 14.1. The van der Waals surface area contributed by atoms with Gasteiger partial charge >= 0.3 is 17.6 Å². The van der Waals surface area contributed by atoms with Gasteiger partial charge in [-0.3, -0.25) is 14.2 Å². The Kier molecular flexibility index (Phi) is 5.92. The first-order valence-electron chi connectivity index (χ1n) is 7.76. The summed E-state index contributed by atoms with van der Waals surface area (Å²) in [6.45, 7) is 6.19. The molecule has 136 valence electrons. The Labute approximate surface area is 144 Å². The van der Waals surface area contributed by atoms with E-state index in [1.165, 1.54) is 24.6 Å². The monoisotopic (exact) mass is 351 g/mol. The number of allylic oxidation sites excluding steroid dienone is 1. The Morgan fingerprint density at radius 3 is 2.80 bits per heavy atom. The molecule has 2 heterocycles. The van der Waals surface area contributed by atoms with Crippen LogP contribution in [0.2, 0.25) is 0 Å². The fourth-order valence-corrected chi connectivity index (χ4v) is 2.61. The van der Waals surface area contributed by atoms with Crippen LogP contribution >= 0.6 is 0 Å². The summed E-state index contributed by atoms with van der Waals surface area (Å²) in [4.78, 5) is 38.3. The quantitative estimate of drug-likeness (QED) is 0.575. The van der Waals surface area contributed by atoms with E-state index in [0.717, 1.165) is 0 Å². The van der Waals surface area contributed by atoms with Crippen molar-refractivity contribution in [2.24, 2.45) is 0 Å². The number of ether oxygens (including phenoxy) is 3. The third kappa shape index (κ3) is 4.66. The molecule has 0 aliphatic carbocycles.